The lowest BCUT2D eigenvalue weighted by Gasteiger charge is -2.19. The number of nitrogens with one attached hydrogen (secondary N) is 1. The van der Waals surface area contributed by atoms with Gasteiger partial charge < -0.3 is 10.4 Å². The van der Waals surface area contributed by atoms with Crippen molar-refractivity contribution in [2.24, 2.45) is 5.41 Å². The Morgan fingerprint density at radius 3 is 2.32 bits per heavy atom. The summed E-state index contributed by atoms with van der Waals surface area (Å²) in [5.74, 6) is -2.65. The quantitative estimate of drug-likeness (QED) is 0.528. The number of carbonyl (C=O) groups is 4. The van der Waals surface area contributed by atoms with Gasteiger partial charge in [-0.2, -0.15) is 0 Å². The zero-order valence-electron chi connectivity index (χ0n) is 10.8. The van der Waals surface area contributed by atoms with Gasteiger partial charge >= 0.3 is 5.97 Å². The molecule has 104 valence electrons. The highest BCUT2D eigenvalue weighted by Crippen LogP contribution is 2.46. The third kappa shape index (κ3) is 2.09. The summed E-state index contributed by atoms with van der Waals surface area (Å²) in [4.78, 5) is 47.6. The van der Waals surface area contributed by atoms with Gasteiger partial charge in [0.15, 0.2) is 0 Å². The van der Waals surface area contributed by atoms with E-state index in [4.69, 9.17) is 5.11 Å². The molecule has 1 aliphatic carbocycles. The normalized spacial score (nSPS) is 24.8. The molecule has 7 nitrogen and oxygen atoms in total. The third-order valence-electron chi connectivity index (χ3n) is 3.60. The van der Waals surface area contributed by atoms with Crippen molar-refractivity contribution in [1.82, 2.24) is 10.2 Å². The summed E-state index contributed by atoms with van der Waals surface area (Å²) in [5, 5.41) is 11.4. The van der Waals surface area contributed by atoms with E-state index in [9.17, 15) is 19.2 Å². The number of carbonyl (C=O) groups excluding carboxylic acids is 3. The molecule has 0 spiro atoms. The van der Waals surface area contributed by atoms with Gasteiger partial charge in [-0.15, -0.1) is 0 Å². The predicted octanol–water partition coefficient (Wildman–Crippen LogP) is -0.497. The molecule has 1 saturated heterocycles. The Bertz CT molecular complexity index is 467. The first kappa shape index (κ1) is 13.5. The van der Waals surface area contributed by atoms with Crippen molar-refractivity contribution >= 4 is 23.7 Å². The lowest BCUT2D eigenvalue weighted by atomic mass is 10.1. The van der Waals surface area contributed by atoms with E-state index in [2.05, 4.69) is 5.32 Å². The third-order valence-corrected chi connectivity index (χ3v) is 3.60. The number of carboxylic acid groups (broad SMARTS) is 1. The molecule has 2 aliphatic rings. The lowest BCUT2D eigenvalue weighted by Crippen LogP contribution is -2.47. The summed E-state index contributed by atoms with van der Waals surface area (Å²) in [5.41, 5.74) is -1.39. The lowest BCUT2D eigenvalue weighted by molar-refractivity contribution is -0.150. The van der Waals surface area contributed by atoms with Gasteiger partial charge in [-0.25, -0.2) is 0 Å². The number of rotatable bonds is 4. The molecule has 0 aromatic carbocycles. The minimum absolute atomic E-state index is 0.0988. The second kappa shape index (κ2) is 4.32. The molecule has 0 bridgehead atoms. The van der Waals surface area contributed by atoms with Crippen LogP contribution in [0.1, 0.15) is 33.1 Å². The van der Waals surface area contributed by atoms with Crippen molar-refractivity contribution in [3.63, 3.8) is 0 Å². The van der Waals surface area contributed by atoms with Gasteiger partial charge in [0.2, 0.25) is 11.8 Å². The van der Waals surface area contributed by atoms with Crippen LogP contribution in [0.2, 0.25) is 0 Å². The van der Waals surface area contributed by atoms with Crippen LogP contribution in [0.3, 0.4) is 0 Å². The van der Waals surface area contributed by atoms with Gasteiger partial charge in [0.05, 0.1) is 6.42 Å². The predicted molar refractivity (Wildman–Crippen MR) is 62.8 cm³/mol. The summed E-state index contributed by atoms with van der Waals surface area (Å²) in [6.07, 6.45) is 0.451. The van der Waals surface area contributed by atoms with Crippen LogP contribution in [-0.2, 0) is 19.2 Å². The molecule has 2 N–H and O–H groups in total. The molecular weight excluding hydrogens is 252 g/mol. The molecule has 0 aromatic rings. The maximum absolute atomic E-state index is 12.0. The van der Waals surface area contributed by atoms with Crippen molar-refractivity contribution in [1.29, 1.82) is 0 Å². The number of hydrogen-bond acceptors (Lipinski definition) is 4. The van der Waals surface area contributed by atoms with Crippen LogP contribution in [0, 0.1) is 5.41 Å². The fourth-order valence-electron chi connectivity index (χ4n) is 2.27. The van der Waals surface area contributed by atoms with Crippen molar-refractivity contribution in [3.8, 4) is 0 Å². The van der Waals surface area contributed by atoms with Gasteiger partial charge in [0.1, 0.15) is 11.5 Å². The van der Waals surface area contributed by atoms with Crippen LogP contribution < -0.4 is 5.32 Å². The van der Waals surface area contributed by atoms with E-state index in [1.807, 2.05) is 0 Å². The summed E-state index contributed by atoms with van der Waals surface area (Å²) in [7, 11) is 0. The van der Waals surface area contributed by atoms with E-state index < -0.39 is 29.2 Å². The fraction of sp³-hybridized carbons (Fsp3) is 0.667. The van der Waals surface area contributed by atoms with E-state index in [-0.39, 0.29) is 31.2 Å². The molecule has 1 saturated carbocycles. The van der Waals surface area contributed by atoms with Gasteiger partial charge in [-0.3, -0.25) is 24.1 Å². The average Bonchev–Trinajstić information content (AvgIpc) is 3.03. The molecule has 2 rings (SSSR count). The smallest absolute Gasteiger partial charge is 0.319 e. The van der Waals surface area contributed by atoms with E-state index in [1.54, 1.807) is 13.8 Å². The summed E-state index contributed by atoms with van der Waals surface area (Å²) in [6, 6.07) is -1.20. The van der Waals surface area contributed by atoms with E-state index in [0.717, 1.165) is 4.90 Å². The van der Waals surface area contributed by atoms with Crippen LogP contribution in [0.5, 0.6) is 0 Å². The van der Waals surface area contributed by atoms with Gasteiger partial charge in [-0.05, 0) is 26.7 Å². The minimum atomic E-state index is -1.39. The minimum Gasteiger partial charge on any atom is -0.480 e. The van der Waals surface area contributed by atoms with Crippen molar-refractivity contribution in [3.05, 3.63) is 0 Å². The van der Waals surface area contributed by atoms with Crippen LogP contribution in [0.4, 0.5) is 0 Å². The highest BCUT2D eigenvalue weighted by Gasteiger charge is 2.58. The number of imide groups is 1. The van der Waals surface area contributed by atoms with Gasteiger partial charge in [0.25, 0.3) is 5.91 Å². The van der Waals surface area contributed by atoms with Crippen LogP contribution in [-0.4, -0.2) is 45.8 Å². The van der Waals surface area contributed by atoms with Crippen LogP contribution >= 0.6 is 0 Å². The Morgan fingerprint density at radius 1 is 1.37 bits per heavy atom. The Balaban J connectivity index is 2.06. The Hall–Kier alpha value is -1.92. The molecule has 1 atom stereocenters. The Labute approximate surface area is 109 Å². The summed E-state index contributed by atoms with van der Waals surface area (Å²) in [6.45, 7) is 3.42. The maximum atomic E-state index is 12.0. The molecular formula is C12H16N2O5. The number of carboxylic acids is 1. The van der Waals surface area contributed by atoms with Crippen LogP contribution in [0.25, 0.3) is 0 Å². The standard InChI is InChI=1S/C12H16N2O5/c1-6(2)14-8(15)5-7(9(14)16)13-10(17)12(3-4-12)11(18)19/h6-7H,3-5H2,1-2H3,(H,13,17)(H,18,19)/t7-/m0/s1. The molecule has 3 amide bonds. The molecule has 2 fully saturated rings. The second-order valence-electron chi connectivity index (χ2n) is 5.31. The summed E-state index contributed by atoms with van der Waals surface area (Å²) >= 11 is 0. The maximum Gasteiger partial charge on any atom is 0.319 e. The van der Waals surface area contributed by atoms with E-state index in [0.29, 0.717) is 0 Å². The molecule has 1 aliphatic heterocycles. The van der Waals surface area contributed by atoms with Crippen molar-refractivity contribution in [2.45, 2.75) is 45.2 Å². The SMILES string of the molecule is CC(C)N1C(=O)C[C@H](NC(=O)C2(C(=O)O)CC2)C1=O. The number of hydrogen-bond donors (Lipinski definition) is 2. The largest absolute Gasteiger partial charge is 0.480 e. The first-order valence-electron chi connectivity index (χ1n) is 6.20. The van der Waals surface area contributed by atoms with Crippen molar-refractivity contribution in [2.75, 3.05) is 0 Å². The van der Waals surface area contributed by atoms with E-state index >= 15 is 0 Å². The molecule has 7 heteroatoms. The molecule has 19 heavy (non-hydrogen) atoms. The highest BCUT2D eigenvalue weighted by atomic mass is 16.4. The molecule has 1 heterocycles. The Kier molecular flexibility index (Phi) is 3.07. The molecule has 0 unspecified atom stereocenters. The number of nitrogens with zero attached hydrogens (tertiary/aromatic N) is 1. The van der Waals surface area contributed by atoms with Crippen molar-refractivity contribution < 1.29 is 24.3 Å². The number of likely N-dealkylation sites (tertiary alicyclic amines) is 1. The monoisotopic (exact) mass is 268 g/mol. The van der Waals surface area contributed by atoms with E-state index in [1.165, 1.54) is 0 Å². The zero-order chi connectivity index (χ0) is 14.4. The van der Waals surface area contributed by atoms with Gasteiger partial charge in [-0.1, -0.05) is 0 Å². The highest BCUT2D eigenvalue weighted by molar-refractivity contribution is 6.10. The van der Waals surface area contributed by atoms with Gasteiger partial charge in [0, 0.05) is 6.04 Å². The molecule has 0 radical (unpaired) electrons. The average molecular weight is 268 g/mol. The Morgan fingerprint density at radius 2 is 1.95 bits per heavy atom. The topological polar surface area (TPSA) is 104 Å². The van der Waals surface area contributed by atoms with Crippen LogP contribution in [0.15, 0.2) is 0 Å². The first-order chi connectivity index (χ1) is 8.79. The number of aliphatic carboxylic acids is 1. The zero-order valence-corrected chi connectivity index (χ0v) is 10.8. The number of amides is 3. The second-order valence-corrected chi connectivity index (χ2v) is 5.31. The fourth-order valence-corrected chi connectivity index (χ4v) is 2.27. The summed E-state index contributed by atoms with van der Waals surface area (Å²) < 4.78 is 0. The first-order valence-corrected chi connectivity index (χ1v) is 6.20. The molecule has 0 aromatic heterocycles.